The first-order valence-corrected chi connectivity index (χ1v) is 4.42. The molecule has 6 heteroatoms. The van der Waals surface area contributed by atoms with Gasteiger partial charge in [0.1, 0.15) is 6.61 Å². The van der Waals surface area contributed by atoms with Crippen molar-refractivity contribution in [2.24, 2.45) is 5.73 Å². The Hall–Kier alpha value is -1.56. The molecule has 0 saturated heterocycles. The van der Waals surface area contributed by atoms with E-state index < -0.39 is 18.7 Å². The molecule has 88 valence electrons. The molecule has 1 aromatic rings. The van der Waals surface area contributed by atoms with Gasteiger partial charge in [0.15, 0.2) is 0 Å². The van der Waals surface area contributed by atoms with Crippen LogP contribution in [0.4, 0.5) is 13.2 Å². The number of benzene rings is 1. The minimum atomic E-state index is -4.33. The normalized spacial score (nSPS) is 11.4. The Morgan fingerprint density at radius 3 is 2.25 bits per heavy atom. The number of halogens is 3. The van der Waals surface area contributed by atoms with E-state index in [1.54, 1.807) is 0 Å². The van der Waals surface area contributed by atoms with E-state index in [9.17, 15) is 18.0 Å². The van der Waals surface area contributed by atoms with E-state index in [1.807, 2.05) is 0 Å². The molecule has 1 amide bonds. The number of alkyl halides is 3. The van der Waals surface area contributed by atoms with Crippen molar-refractivity contribution < 1.29 is 22.7 Å². The number of carbonyl (C=O) groups excluding carboxylic acids is 1. The van der Waals surface area contributed by atoms with Gasteiger partial charge >= 0.3 is 6.18 Å². The van der Waals surface area contributed by atoms with E-state index in [0.29, 0.717) is 11.1 Å². The highest BCUT2D eigenvalue weighted by atomic mass is 19.4. The Morgan fingerprint density at radius 1 is 1.25 bits per heavy atom. The van der Waals surface area contributed by atoms with E-state index in [1.165, 1.54) is 24.3 Å². The Morgan fingerprint density at radius 2 is 1.81 bits per heavy atom. The first-order chi connectivity index (χ1) is 7.38. The number of carbonyl (C=O) groups is 1. The predicted octanol–water partition coefficient (Wildman–Crippen LogP) is 1.86. The van der Waals surface area contributed by atoms with Gasteiger partial charge in [-0.25, -0.2) is 0 Å². The van der Waals surface area contributed by atoms with E-state index in [2.05, 4.69) is 4.74 Å². The summed E-state index contributed by atoms with van der Waals surface area (Å²) in [6, 6.07) is 5.87. The summed E-state index contributed by atoms with van der Waals surface area (Å²) < 4.78 is 39.7. The zero-order chi connectivity index (χ0) is 12.2. The molecule has 0 atom stereocenters. The van der Waals surface area contributed by atoms with Gasteiger partial charge in [-0.3, -0.25) is 4.79 Å². The summed E-state index contributed by atoms with van der Waals surface area (Å²) in [5, 5.41) is 0. The van der Waals surface area contributed by atoms with Crippen LogP contribution in [0.3, 0.4) is 0 Å². The van der Waals surface area contributed by atoms with Gasteiger partial charge < -0.3 is 10.5 Å². The average molecular weight is 233 g/mol. The molecule has 2 N–H and O–H groups in total. The van der Waals surface area contributed by atoms with Crippen molar-refractivity contribution in [3.63, 3.8) is 0 Å². The van der Waals surface area contributed by atoms with Gasteiger partial charge in [-0.1, -0.05) is 12.1 Å². The summed E-state index contributed by atoms with van der Waals surface area (Å²) in [5.41, 5.74) is 5.86. The smallest absolute Gasteiger partial charge is 0.367 e. The number of primary amides is 1. The van der Waals surface area contributed by atoms with Crippen LogP contribution in [0.5, 0.6) is 0 Å². The quantitative estimate of drug-likeness (QED) is 0.862. The van der Waals surface area contributed by atoms with Crippen LogP contribution in [0.15, 0.2) is 24.3 Å². The number of hydrogen-bond acceptors (Lipinski definition) is 2. The Labute approximate surface area is 90.0 Å². The zero-order valence-electron chi connectivity index (χ0n) is 8.25. The molecule has 0 unspecified atom stereocenters. The Bertz CT molecular complexity index is 359. The van der Waals surface area contributed by atoms with Crippen molar-refractivity contribution in [3.05, 3.63) is 35.4 Å². The topological polar surface area (TPSA) is 52.3 Å². The monoisotopic (exact) mass is 233 g/mol. The molecular weight excluding hydrogens is 223 g/mol. The van der Waals surface area contributed by atoms with Crippen LogP contribution in [0.25, 0.3) is 0 Å². The van der Waals surface area contributed by atoms with Crippen LogP contribution < -0.4 is 5.73 Å². The third kappa shape index (κ3) is 4.31. The average Bonchev–Trinajstić information content (AvgIpc) is 2.16. The molecule has 0 radical (unpaired) electrons. The van der Waals surface area contributed by atoms with Crippen molar-refractivity contribution in [3.8, 4) is 0 Å². The fourth-order valence-corrected chi connectivity index (χ4v) is 1.05. The van der Waals surface area contributed by atoms with Crippen LogP contribution in [-0.4, -0.2) is 18.7 Å². The lowest BCUT2D eigenvalue weighted by atomic mass is 10.1. The number of hydrogen-bond donors (Lipinski definition) is 1. The first-order valence-electron chi connectivity index (χ1n) is 4.42. The largest absolute Gasteiger partial charge is 0.411 e. The molecular formula is C10H10F3NO2. The first kappa shape index (κ1) is 12.5. The highest BCUT2D eigenvalue weighted by Gasteiger charge is 2.27. The Kier molecular flexibility index (Phi) is 3.89. The van der Waals surface area contributed by atoms with Gasteiger partial charge in [0.25, 0.3) is 0 Å². The highest BCUT2D eigenvalue weighted by Crippen LogP contribution is 2.15. The van der Waals surface area contributed by atoms with Gasteiger partial charge in [0.2, 0.25) is 5.91 Å². The lowest BCUT2D eigenvalue weighted by molar-refractivity contribution is -0.176. The predicted molar refractivity (Wildman–Crippen MR) is 50.7 cm³/mol. The summed E-state index contributed by atoms with van der Waals surface area (Å²) in [5.74, 6) is -0.581. The lowest BCUT2D eigenvalue weighted by Crippen LogP contribution is -2.16. The molecule has 0 aliphatic carbocycles. The van der Waals surface area contributed by atoms with E-state index in [4.69, 9.17) is 5.73 Å². The second kappa shape index (κ2) is 4.98. The molecule has 0 spiro atoms. The minimum absolute atomic E-state index is 0.154. The number of amides is 1. The second-order valence-electron chi connectivity index (χ2n) is 3.17. The summed E-state index contributed by atoms with van der Waals surface area (Å²) >= 11 is 0. The van der Waals surface area contributed by atoms with Crippen LogP contribution in [0.2, 0.25) is 0 Å². The summed E-state index contributed by atoms with van der Waals surface area (Å²) in [7, 11) is 0. The van der Waals surface area contributed by atoms with Crippen LogP contribution in [0, 0.1) is 0 Å². The molecule has 0 aliphatic rings. The van der Waals surface area contributed by atoms with Gasteiger partial charge in [-0.05, 0) is 17.7 Å². The summed E-state index contributed by atoms with van der Waals surface area (Å²) in [6.45, 7) is -1.44. The molecule has 0 heterocycles. The van der Waals surface area contributed by atoms with E-state index in [0.717, 1.165) is 0 Å². The molecule has 0 bridgehead atoms. The molecule has 1 rings (SSSR count). The molecule has 16 heavy (non-hydrogen) atoms. The highest BCUT2D eigenvalue weighted by molar-refractivity contribution is 5.92. The van der Waals surface area contributed by atoms with Crippen molar-refractivity contribution >= 4 is 5.91 Å². The molecule has 1 aromatic carbocycles. The number of rotatable bonds is 4. The van der Waals surface area contributed by atoms with Crippen molar-refractivity contribution in [2.45, 2.75) is 12.8 Å². The molecule has 0 saturated carbocycles. The third-order valence-corrected chi connectivity index (χ3v) is 1.77. The van der Waals surface area contributed by atoms with E-state index in [-0.39, 0.29) is 6.61 Å². The minimum Gasteiger partial charge on any atom is -0.367 e. The molecule has 0 aromatic heterocycles. The van der Waals surface area contributed by atoms with Crippen LogP contribution in [-0.2, 0) is 11.3 Å². The van der Waals surface area contributed by atoms with Crippen molar-refractivity contribution in [1.29, 1.82) is 0 Å². The van der Waals surface area contributed by atoms with Crippen LogP contribution in [0.1, 0.15) is 15.9 Å². The lowest BCUT2D eigenvalue weighted by Gasteiger charge is -2.07. The SMILES string of the molecule is NC(=O)c1ccc(COCC(F)(F)F)cc1. The van der Waals surface area contributed by atoms with E-state index >= 15 is 0 Å². The Balaban J connectivity index is 2.47. The second-order valence-corrected chi connectivity index (χ2v) is 3.17. The fraction of sp³-hybridized carbons (Fsp3) is 0.300. The maximum absolute atomic E-state index is 11.7. The van der Waals surface area contributed by atoms with Gasteiger partial charge in [-0.2, -0.15) is 13.2 Å². The maximum atomic E-state index is 11.7. The summed E-state index contributed by atoms with van der Waals surface area (Å²) in [6.07, 6.45) is -4.33. The summed E-state index contributed by atoms with van der Waals surface area (Å²) in [4.78, 5) is 10.7. The van der Waals surface area contributed by atoms with Gasteiger partial charge in [-0.15, -0.1) is 0 Å². The molecule has 0 aliphatic heterocycles. The standard InChI is InChI=1S/C10H10F3NO2/c11-10(12,13)6-16-5-7-1-3-8(4-2-7)9(14)15/h1-4H,5-6H2,(H2,14,15). The number of nitrogens with two attached hydrogens (primary N) is 1. The maximum Gasteiger partial charge on any atom is 0.411 e. The van der Waals surface area contributed by atoms with Crippen molar-refractivity contribution in [1.82, 2.24) is 0 Å². The number of ether oxygens (including phenoxy) is 1. The van der Waals surface area contributed by atoms with Gasteiger partial charge in [0, 0.05) is 5.56 Å². The van der Waals surface area contributed by atoms with Crippen LogP contribution >= 0.6 is 0 Å². The molecule has 0 fully saturated rings. The third-order valence-electron chi connectivity index (χ3n) is 1.77. The fourth-order valence-electron chi connectivity index (χ4n) is 1.05. The zero-order valence-corrected chi connectivity index (χ0v) is 8.25. The van der Waals surface area contributed by atoms with Gasteiger partial charge in [0.05, 0.1) is 6.61 Å². The van der Waals surface area contributed by atoms with Crippen molar-refractivity contribution in [2.75, 3.05) is 6.61 Å². The molecule has 3 nitrogen and oxygen atoms in total.